The molecule has 0 bridgehead atoms. The Morgan fingerprint density at radius 2 is 1.91 bits per heavy atom. The number of likely N-dealkylation sites (N-methyl/N-ethyl adjacent to an activating group) is 1. The molecule has 1 aromatic rings. The molecular weight excluding hydrogens is 282 g/mol. The summed E-state index contributed by atoms with van der Waals surface area (Å²) in [6, 6.07) is 3.47. The van der Waals surface area contributed by atoms with Crippen molar-refractivity contribution in [1.29, 1.82) is 0 Å². The summed E-state index contributed by atoms with van der Waals surface area (Å²) in [5.41, 5.74) is 0.534. The predicted octanol–water partition coefficient (Wildman–Crippen LogP) is 1.43. The van der Waals surface area contributed by atoms with Crippen LogP contribution in [0.1, 0.15) is 30.6 Å². The Morgan fingerprint density at radius 3 is 2.45 bits per heavy atom. The molecule has 122 valence electrons. The molecular formula is C16H25N3O3. The van der Waals surface area contributed by atoms with E-state index in [0.29, 0.717) is 18.7 Å². The maximum Gasteiger partial charge on any atom is 0.307 e. The van der Waals surface area contributed by atoms with Crippen molar-refractivity contribution >= 4 is 11.9 Å². The second kappa shape index (κ2) is 9.89. The van der Waals surface area contributed by atoms with Gasteiger partial charge in [0.1, 0.15) is 0 Å². The van der Waals surface area contributed by atoms with Gasteiger partial charge in [-0.3, -0.25) is 14.6 Å². The number of nitrogens with zero attached hydrogens (tertiary/aromatic N) is 3. The van der Waals surface area contributed by atoms with Crippen LogP contribution in [0.2, 0.25) is 0 Å². The lowest BCUT2D eigenvalue weighted by Gasteiger charge is -2.26. The SMILES string of the molecule is CCN(CC)CCN(CCC(=O)OC)C(=O)c1cccnc1. The van der Waals surface area contributed by atoms with Gasteiger partial charge in [-0.1, -0.05) is 13.8 Å². The first kappa shape index (κ1) is 18.1. The van der Waals surface area contributed by atoms with Gasteiger partial charge in [-0.25, -0.2) is 0 Å². The van der Waals surface area contributed by atoms with Crippen molar-refractivity contribution in [2.24, 2.45) is 0 Å². The summed E-state index contributed by atoms with van der Waals surface area (Å²) in [5.74, 6) is -0.420. The van der Waals surface area contributed by atoms with Crippen LogP contribution in [0, 0.1) is 0 Å². The van der Waals surface area contributed by atoms with Crippen LogP contribution in [0.15, 0.2) is 24.5 Å². The second-order valence-electron chi connectivity index (χ2n) is 4.89. The average Bonchev–Trinajstić information content (AvgIpc) is 2.58. The molecule has 6 nitrogen and oxygen atoms in total. The van der Waals surface area contributed by atoms with Gasteiger partial charge in [0.05, 0.1) is 19.1 Å². The molecule has 0 unspecified atom stereocenters. The number of rotatable bonds is 9. The van der Waals surface area contributed by atoms with Gasteiger partial charge in [0.15, 0.2) is 0 Å². The van der Waals surface area contributed by atoms with Crippen molar-refractivity contribution in [3.05, 3.63) is 30.1 Å². The van der Waals surface area contributed by atoms with Gasteiger partial charge in [0.2, 0.25) is 0 Å². The zero-order valence-corrected chi connectivity index (χ0v) is 13.6. The predicted molar refractivity (Wildman–Crippen MR) is 84.6 cm³/mol. The van der Waals surface area contributed by atoms with E-state index in [0.717, 1.165) is 19.6 Å². The summed E-state index contributed by atoms with van der Waals surface area (Å²) >= 11 is 0. The van der Waals surface area contributed by atoms with E-state index in [9.17, 15) is 9.59 Å². The third-order valence-corrected chi connectivity index (χ3v) is 3.59. The molecule has 0 saturated carbocycles. The van der Waals surface area contributed by atoms with E-state index in [-0.39, 0.29) is 18.3 Å². The highest BCUT2D eigenvalue weighted by molar-refractivity contribution is 5.94. The maximum atomic E-state index is 12.6. The summed E-state index contributed by atoms with van der Waals surface area (Å²) in [5, 5.41) is 0. The van der Waals surface area contributed by atoms with Crippen molar-refractivity contribution in [3.8, 4) is 0 Å². The van der Waals surface area contributed by atoms with Crippen molar-refractivity contribution in [2.75, 3.05) is 39.8 Å². The second-order valence-corrected chi connectivity index (χ2v) is 4.89. The lowest BCUT2D eigenvalue weighted by molar-refractivity contribution is -0.140. The fraction of sp³-hybridized carbons (Fsp3) is 0.562. The fourth-order valence-corrected chi connectivity index (χ4v) is 2.12. The number of hydrogen-bond donors (Lipinski definition) is 0. The van der Waals surface area contributed by atoms with Crippen molar-refractivity contribution in [1.82, 2.24) is 14.8 Å². The van der Waals surface area contributed by atoms with Crippen LogP contribution >= 0.6 is 0 Å². The molecule has 0 fully saturated rings. The first-order valence-electron chi connectivity index (χ1n) is 7.60. The molecule has 1 amide bonds. The first-order valence-corrected chi connectivity index (χ1v) is 7.60. The van der Waals surface area contributed by atoms with Gasteiger partial charge < -0.3 is 14.5 Å². The Hall–Kier alpha value is -1.95. The molecule has 0 aromatic carbocycles. The highest BCUT2D eigenvalue weighted by Gasteiger charge is 2.17. The molecule has 0 spiro atoms. The third-order valence-electron chi connectivity index (χ3n) is 3.59. The van der Waals surface area contributed by atoms with E-state index in [1.807, 2.05) is 0 Å². The van der Waals surface area contributed by atoms with Crippen LogP contribution in [-0.2, 0) is 9.53 Å². The quantitative estimate of drug-likeness (QED) is 0.646. The van der Waals surface area contributed by atoms with Crippen LogP contribution < -0.4 is 0 Å². The maximum absolute atomic E-state index is 12.6. The molecule has 22 heavy (non-hydrogen) atoms. The molecule has 0 atom stereocenters. The Morgan fingerprint density at radius 1 is 1.18 bits per heavy atom. The van der Waals surface area contributed by atoms with Crippen molar-refractivity contribution in [2.45, 2.75) is 20.3 Å². The number of carbonyl (C=O) groups is 2. The number of methoxy groups -OCH3 is 1. The van der Waals surface area contributed by atoms with Gasteiger partial charge >= 0.3 is 5.97 Å². The summed E-state index contributed by atoms with van der Waals surface area (Å²) in [6.07, 6.45) is 3.37. The fourth-order valence-electron chi connectivity index (χ4n) is 2.12. The molecule has 0 aliphatic carbocycles. The lowest BCUT2D eigenvalue weighted by Crippen LogP contribution is -2.40. The zero-order valence-electron chi connectivity index (χ0n) is 13.6. The van der Waals surface area contributed by atoms with E-state index in [1.165, 1.54) is 7.11 Å². The summed E-state index contributed by atoms with van der Waals surface area (Å²) in [6.45, 7) is 7.75. The molecule has 0 N–H and O–H groups in total. The minimum atomic E-state index is -0.313. The largest absolute Gasteiger partial charge is 0.469 e. The van der Waals surface area contributed by atoms with Crippen LogP contribution in [0.25, 0.3) is 0 Å². The minimum absolute atomic E-state index is 0.107. The summed E-state index contributed by atoms with van der Waals surface area (Å²) in [4.78, 5) is 31.8. The molecule has 0 saturated heterocycles. The Kier molecular flexibility index (Phi) is 8.14. The van der Waals surface area contributed by atoms with E-state index >= 15 is 0 Å². The van der Waals surface area contributed by atoms with Crippen LogP contribution in [0.4, 0.5) is 0 Å². The zero-order chi connectivity index (χ0) is 16.4. The average molecular weight is 307 g/mol. The van der Waals surface area contributed by atoms with Crippen molar-refractivity contribution in [3.63, 3.8) is 0 Å². The minimum Gasteiger partial charge on any atom is -0.469 e. The van der Waals surface area contributed by atoms with Crippen LogP contribution in [0.5, 0.6) is 0 Å². The molecule has 1 rings (SSSR count). The number of carbonyl (C=O) groups excluding carboxylic acids is 2. The van der Waals surface area contributed by atoms with E-state index < -0.39 is 0 Å². The van der Waals surface area contributed by atoms with Gasteiger partial charge in [-0.05, 0) is 25.2 Å². The standard InChI is InChI=1S/C16H25N3O3/c1-4-18(5-2)11-12-19(10-8-15(20)22-3)16(21)14-7-6-9-17-13-14/h6-7,9,13H,4-5,8,10-12H2,1-3H3. The lowest BCUT2D eigenvalue weighted by atomic mass is 10.2. The first-order chi connectivity index (χ1) is 10.6. The van der Waals surface area contributed by atoms with E-state index in [4.69, 9.17) is 0 Å². The Balaban J connectivity index is 2.72. The molecule has 1 heterocycles. The summed E-state index contributed by atoms with van der Waals surface area (Å²) in [7, 11) is 1.35. The molecule has 1 aromatic heterocycles. The van der Waals surface area contributed by atoms with Gasteiger partial charge in [-0.2, -0.15) is 0 Å². The highest BCUT2D eigenvalue weighted by atomic mass is 16.5. The highest BCUT2D eigenvalue weighted by Crippen LogP contribution is 2.05. The van der Waals surface area contributed by atoms with E-state index in [1.54, 1.807) is 29.4 Å². The summed E-state index contributed by atoms with van der Waals surface area (Å²) < 4.78 is 4.65. The molecule has 0 radical (unpaired) electrons. The number of aromatic nitrogens is 1. The van der Waals surface area contributed by atoms with Gasteiger partial charge in [0, 0.05) is 32.0 Å². The van der Waals surface area contributed by atoms with Crippen molar-refractivity contribution < 1.29 is 14.3 Å². The number of hydrogen-bond acceptors (Lipinski definition) is 5. The van der Waals surface area contributed by atoms with E-state index in [2.05, 4.69) is 28.5 Å². The third kappa shape index (κ3) is 5.81. The normalized spacial score (nSPS) is 10.5. The molecule has 6 heteroatoms. The van der Waals surface area contributed by atoms with Gasteiger partial charge in [-0.15, -0.1) is 0 Å². The number of esters is 1. The molecule has 0 aliphatic rings. The number of amides is 1. The van der Waals surface area contributed by atoms with Crippen LogP contribution in [-0.4, -0.2) is 66.5 Å². The number of pyridine rings is 1. The van der Waals surface area contributed by atoms with Crippen LogP contribution in [0.3, 0.4) is 0 Å². The Labute approximate surface area is 132 Å². The molecule has 0 aliphatic heterocycles. The number of ether oxygens (including phenoxy) is 1. The van der Waals surface area contributed by atoms with Gasteiger partial charge in [0.25, 0.3) is 5.91 Å². The topological polar surface area (TPSA) is 62.7 Å². The smallest absolute Gasteiger partial charge is 0.307 e. The monoisotopic (exact) mass is 307 g/mol. The Bertz CT molecular complexity index is 461.